The summed E-state index contributed by atoms with van der Waals surface area (Å²) < 4.78 is 45.0. The van der Waals surface area contributed by atoms with Gasteiger partial charge in [0.15, 0.2) is 5.17 Å². The van der Waals surface area contributed by atoms with Gasteiger partial charge in [0.25, 0.3) is 10.0 Å². The zero-order valence-corrected chi connectivity index (χ0v) is 12.2. The highest BCUT2D eigenvalue weighted by molar-refractivity contribution is 8.15. The maximum absolute atomic E-state index is 13.1. The number of amidine groups is 1. The van der Waals surface area contributed by atoms with Crippen LogP contribution in [-0.4, -0.2) is 31.9 Å². The number of sulfonamides is 1. The number of nitrogens with one attached hydrogen (secondary N) is 1. The van der Waals surface area contributed by atoms with Crippen LogP contribution in [0, 0.1) is 5.82 Å². The predicted molar refractivity (Wildman–Crippen MR) is 73.7 cm³/mol. The van der Waals surface area contributed by atoms with Crippen LogP contribution in [0.15, 0.2) is 27.5 Å². The SMILES string of the molecule is COC(=O)[C@H](C)SC1=NS(=O)(=O)c2cc(F)ccc2N1. The Morgan fingerprint density at radius 3 is 2.85 bits per heavy atom. The van der Waals surface area contributed by atoms with E-state index >= 15 is 0 Å². The first-order valence-corrected chi connectivity index (χ1v) is 7.81. The second kappa shape index (κ2) is 5.41. The van der Waals surface area contributed by atoms with Crippen molar-refractivity contribution in [3.63, 3.8) is 0 Å². The van der Waals surface area contributed by atoms with Crippen LogP contribution in [0.4, 0.5) is 10.1 Å². The zero-order chi connectivity index (χ0) is 14.9. The molecule has 20 heavy (non-hydrogen) atoms. The summed E-state index contributed by atoms with van der Waals surface area (Å²) in [5.41, 5.74) is 0.223. The molecule has 0 saturated carbocycles. The number of ether oxygens (including phenoxy) is 1. The van der Waals surface area contributed by atoms with E-state index in [1.54, 1.807) is 6.92 Å². The Kier molecular flexibility index (Phi) is 4.00. The molecular formula is C11H11FN2O4S2. The minimum absolute atomic E-state index is 0.0435. The lowest BCUT2D eigenvalue weighted by Gasteiger charge is -2.19. The monoisotopic (exact) mass is 318 g/mol. The molecule has 1 aliphatic heterocycles. The number of halogens is 1. The average molecular weight is 318 g/mol. The highest BCUT2D eigenvalue weighted by Crippen LogP contribution is 2.31. The molecule has 0 saturated heterocycles. The van der Waals surface area contributed by atoms with Gasteiger partial charge in [0.2, 0.25) is 0 Å². The molecule has 0 unspecified atom stereocenters. The summed E-state index contributed by atoms with van der Waals surface area (Å²) in [6.07, 6.45) is 0. The first-order chi connectivity index (χ1) is 9.33. The number of esters is 1. The van der Waals surface area contributed by atoms with E-state index in [1.165, 1.54) is 13.2 Å². The fourth-order valence-electron chi connectivity index (χ4n) is 1.54. The second-order valence-corrected chi connectivity index (χ2v) is 6.82. The first kappa shape index (κ1) is 14.8. The maximum atomic E-state index is 13.1. The van der Waals surface area contributed by atoms with E-state index in [0.29, 0.717) is 0 Å². The quantitative estimate of drug-likeness (QED) is 0.834. The molecule has 0 aliphatic carbocycles. The molecule has 108 valence electrons. The van der Waals surface area contributed by atoms with Crippen LogP contribution in [0.5, 0.6) is 0 Å². The first-order valence-electron chi connectivity index (χ1n) is 5.49. The summed E-state index contributed by atoms with van der Waals surface area (Å²) in [5, 5.41) is 2.17. The summed E-state index contributed by atoms with van der Waals surface area (Å²) in [6.45, 7) is 1.56. The van der Waals surface area contributed by atoms with Crippen molar-refractivity contribution in [2.24, 2.45) is 4.40 Å². The van der Waals surface area contributed by atoms with Crippen LogP contribution < -0.4 is 5.32 Å². The van der Waals surface area contributed by atoms with E-state index in [9.17, 15) is 17.6 Å². The standard InChI is InChI=1S/C11H11FN2O4S2/c1-6(10(15)18-2)19-11-13-8-4-3-7(12)5-9(8)20(16,17)14-11/h3-6H,1-2H3,(H,13,14)/t6-/m0/s1. The topological polar surface area (TPSA) is 84.8 Å². The number of benzene rings is 1. The van der Waals surface area contributed by atoms with Crippen molar-refractivity contribution in [3.05, 3.63) is 24.0 Å². The van der Waals surface area contributed by atoms with Crippen molar-refractivity contribution in [2.75, 3.05) is 12.4 Å². The molecule has 0 spiro atoms. The number of thioether (sulfide) groups is 1. The molecule has 1 aromatic carbocycles. The summed E-state index contributed by atoms with van der Waals surface area (Å²) in [4.78, 5) is 11.1. The molecule has 0 bridgehead atoms. The summed E-state index contributed by atoms with van der Waals surface area (Å²) >= 11 is 0.915. The van der Waals surface area contributed by atoms with Gasteiger partial charge in [0.1, 0.15) is 16.0 Å². The molecule has 6 nitrogen and oxygen atoms in total. The van der Waals surface area contributed by atoms with E-state index in [1.807, 2.05) is 0 Å². The van der Waals surface area contributed by atoms with Gasteiger partial charge in [-0.2, -0.15) is 8.42 Å². The van der Waals surface area contributed by atoms with Crippen LogP contribution in [-0.2, 0) is 19.6 Å². The fourth-order valence-corrected chi connectivity index (χ4v) is 3.73. The summed E-state index contributed by atoms with van der Waals surface area (Å²) in [5.74, 6) is -1.16. The van der Waals surface area contributed by atoms with Gasteiger partial charge in [-0.15, -0.1) is 4.40 Å². The number of anilines is 1. The number of fused-ring (bicyclic) bond motifs is 1. The molecule has 0 amide bonds. The van der Waals surface area contributed by atoms with E-state index in [-0.39, 0.29) is 15.8 Å². The Morgan fingerprint density at radius 2 is 2.20 bits per heavy atom. The predicted octanol–water partition coefficient (Wildman–Crippen LogP) is 1.59. The van der Waals surface area contributed by atoms with Crippen LogP contribution in [0.1, 0.15) is 6.92 Å². The van der Waals surface area contributed by atoms with Gasteiger partial charge in [-0.1, -0.05) is 11.8 Å². The molecule has 1 aromatic rings. The highest BCUT2D eigenvalue weighted by Gasteiger charge is 2.28. The van der Waals surface area contributed by atoms with E-state index < -0.39 is 27.1 Å². The lowest BCUT2D eigenvalue weighted by Crippen LogP contribution is -2.24. The van der Waals surface area contributed by atoms with Crippen molar-refractivity contribution in [2.45, 2.75) is 17.1 Å². The Bertz CT molecular complexity index is 688. The Morgan fingerprint density at radius 1 is 1.50 bits per heavy atom. The number of hydrogen-bond acceptors (Lipinski definition) is 6. The number of carbonyl (C=O) groups is 1. The molecule has 1 heterocycles. The minimum atomic E-state index is -3.98. The third-order valence-electron chi connectivity index (χ3n) is 2.49. The van der Waals surface area contributed by atoms with Gasteiger partial charge in [-0.3, -0.25) is 4.79 Å². The molecule has 2 rings (SSSR count). The molecule has 1 aliphatic rings. The highest BCUT2D eigenvalue weighted by atomic mass is 32.2. The number of nitrogens with zero attached hydrogens (tertiary/aromatic N) is 1. The van der Waals surface area contributed by atoms with Gasteiger partial charge in [0.05, 0.1) is 12.8 Å². The molecule has 0 aromatic heterocycles. The van der Waals surface area contributed by atoms with E-state index in [4.69, 9.17) is 0 Å². The lowest BCUT2D eigenvalue weighted by molar-refractivity contribution is -0.139. The molecular weight excluding hydrogens is 307 g/mol. The lowest BCUT2D eigenvalue weighted by atomic mass is 10.3. The average Bonchev–Trinajstić information content (AvgIpc) is 2.38. The van der Waals surface area contributed by atoms with Crippen molar-refractivity contribution in [1.82, 2.24) is 0 Å². The van der Waals surface area contributed by atoms with Gasteiger partial charge >= 0.3 is 5.97 Å². The summed E-state index contributed by atoms with van der Waals surface area (Å²) in [6, 6.07) is 3.34. The van der Waals surface area contributed by atoms with Crippen molar-refractivity contribution >= 4 is 38.6 Å². The maximum Gasteiger partial charge on any atom is 0.318 e. The molecule has 9 heteroatoms. The number of carbonyl (C=O) groups excluding carboxylic acids is 1. The third-order valence-corrected chi connectivity index (χ3v) is 4.88. The molecule has 0 radical (unpaired) electrons. The second-order valence-electron chi connectivity index (χ2n) is 3.92. The van der Waals surface area contributed by atoms with Crippen LogP contribution >= 0.6 is 11.8 Å². The number of hydrogen-bond donors (Lipinski definition) is 1. The normalized spacial score (nSPS) is 17.4. The fraction of sp³-hybridized carbons (Fsp3) is 0.273. The Balaban J connectivity index is 2.31. The Labute approximate surface area is 119 Å². The zero-order valence-electron chi connectivity index (χ0n) is 10.6. The molecule has 1 atom stereocenters. The number of methoxy groups -OCH3 is 1. The van der Waals surface area contributed by atoms with Crippen molar-refractivity contribution in [1.29, 1.82) is 0 Å². The van der Waals surface area contributed by atoms with E-state index in [0.717, 1.165) is 23.9 Å². The number of rotatable bonds is 2. The third kappa shape index (κ3) is 2.93. The van der Waals surface area contributed by atoms with Gasteiger partial charge < -0.3 is 10.1 Å². The van der Waals surface area contributed by atoms with Gasteiger partial charge in [-0.05, 0) is 25.1 Å². The molecule has 0 fully saturated rings. The summed E-state index contributed by atoms with van der Waals surface area (Å²) in [7, 11) is -2.74. The smallest absolute Gasteiger partial charge is 0.318 e. The van der Waals surface area contributed by atoms with Crippen molar-refractivity contribution < 1.29 is 22.3 Å². The Hall–Kier alpha value is -1.61. The largest absolute Gasteiger partial charge is 0.468 e. The van der Waals surface area contributed by atoms with Gasteiger partial charge in [0, 0.05) is 0 Å². The van der Waals surface area contributed by atoms with Crippen LogP contribution in [0.25, 0.3) is 0 Å². The van der Waals surface area contributed by atoms with Crippen molar-refractivity contribution in [3.8, 4) is 0 Å². The van der Waals surface area contributed by atoms with Crippen LogP contribution in [0.2, 0.25) is 0 Å². The van der Waals surface area contributed by atoms with Gasteiger partial charge in [-0.25, -0.2) is 4.39 Å². The van der Waals surface area contributed by atoms with E-state index in [2.05, 4.69) is 14.5 Å². The molecule has 1 N–H and O–H groups in total. The van der Waals surface area contributed by atoms with Crippen LogP contribution in [0.3, 0.4) is 0 Å². The minimum Gasteiger partial charge on any atom is -0.468 e.